The Bertz CT molecular complexity index is 351. The summed E-state index contributed by atoms with van der Waals surface area (Å²) in [6, 6.07) is 0.165. The first-order valence-corrected chi connectivity index (χ1v) is 5.62. The van der Waals surface area contributed by atoms with Gasteiger partial charge in [-0.2, -0.15) is 0 Å². The SMILES string of the molecule is CC1(C)C(C(=O)O)C1C(=O)NC1CC=CC1. The summed E-state index contributed by atoms with van der Waals surface area (Å²) in [6.07, 6.45) is 5.79. The second kappa shape index (κ2) is 3.61. The van der Waals surface area contributed by atoms with E-state index in [4.69, 9.17) is 5.11 Å². The van der Waals surface area contributed by atoms with Gasteiger partial charge in [-0.3, -0.25) is 9.59 Å². The van der Waals surface area contributed by atoms with Crippen molar-refractivity contribution in [1.29, 1.82) is 0 Å². The van der Waals surface area contributed by atoms with Crippen molar-refractivity contribution in [2.75, 3.05) is 0 Å². The summed E-state index contributed by atoms with van der Waals surface area (Å²) in [4.78, 5) is 22.8. The van der Waals surface area contributed by atoms with Crippen molar-refractivity contribution in [2.45, 2.75) is 32.7 Å². The molecule has 0 aromatic heterocycles. The van der Waals surface area contributed by atoms with Gasteiger partial charge in [0.05, 0.1) is 11.8 Å². The van der Waals surface area contributed by atoms with Crippen molar-refractivity contribution in [2.24, 2.45) is 17.3 Å². The smallest absolute Gasteiger partial charge is 0.307 e. The first kappa shape index (κ1) is 11.2. The maximum Gasteiger partial charge on any atom is 0.307 e. The Labute approximate surface area is 94.7 Å². The van der Waals surface area contributed by atoms with Crippen LogP contribution in [0.4, 0.5) is 0 Å². The van der Waals surface area contributed by atoms with E-state index in [9.17, 15) is 9.59 Å². The minimum atomic E-state index is -0.866. The molecule has 2 rings (SSSR count). The number of carbonyl (C=O) groups is 2. The van der Waals surface area contributed by atoms with Gasteiger partial charge in [0.1, 0.15) is 0 Å². The molecule has 1 saturated carbocycles. The number of aliphatic carboxylic acids is 1. The number of amides is 1. The molecule has 16 heavy (non-hydrogen) atoms. The molecule has 0 spiro atoms. The lowest BCUT2D eigenvalue weighted by Gasteiger charge is -2.12. The van der Waals surface area contributed by atoms with Gasteiger partial charge in [-0.05, 0) is 18.3 Å². The number of carbonyl (C=O) groups excluding carboxylic acids is 1. The van der Waals surface area contributed by atoms with Gasteiger partial charge >= 0.3 is 5.97 Å². The van der Waals surface area contributed by atoms with Gasteiger partial charge in [0.25, 0.3) is 0 Å². The molecule has 0 aromatic rings. The minimum Gasteiger partial charge on any atom is -0.481 e. The quantitative estimate of drug-likeness (QED) is 0.706. The van der Waals surface area contributed by atoms with E-state index < -0.39 is 17.3 Å². The molecule has 0 bridgehead atoms. The normalized spacial score (nSPS) is 31.4. The number of hydrogen-bond donors (Lipinski definition) is 2. The van der Waals surface area contributed by atoms with Crippen molar-refractivity contribution in [3.63, 3.8) is 0 Å². The third-order valence-corrected chi connectivity index (χ3v) is 3.73. The molecule has 2 atom stereocenters. The van der Waals surface area contributed by atoms with Gasteiger partial charge < -0.3 is 10.4 Å². The number of carboxylic acid groups (broad SMARTS) is 1. The predicted octanol–water partition coefficient (Wildman–Crippen LogP) is 1.18. The summed E-state index contributed by atoms with van der Waals surface area (Å²) < 4.78 is 0. The number of carboxylic acids is 1. The van der Waals surface area contributed by atoms with Crippen LogP contribution in [0.25, 0.3) is 0 Å². The molecular formula is C12H17NO3. The van der Waals surface area contributed by atoms with E-state index in [0.717, 1.165) is 12.8 Å². The first-order chi connectivity index (χ1) is 7.44. The lowest BCUT2D eigenvalue weighted by Crippen LogP contribution is -2.35. The summed E-state index contributed by atoms with van der Waals surface area (Å²) >= 11 is 0. The highest BCUT2D eigenvalue weighted by Crippen LogP contribution is 2.58. The predicted molar refractivity (Wildman–Crippen MR) is 58.7 cm³/mol. The molecule has 1 fully saturated rings. The van der Waals surface area contributed by atoms with Gasteiger partial charge in [-0.1, -0.05) is 26.0 Å². The fourth-order valence-electron chi connectivity index (χ4n) is 2.61. The molecule has 2 N–H and O–H groups in total. The van der Waals surface area contributed by atoms with Crippen LogP contribution in [-0.2, 0) is 9.59 Å². The molecule has 4 nitrogen and oxygen atoms in total. The zero-order valence-corrected chi connectivity index (χ0v) is 9.56. The molecule has 2 aliphatic carbocycles. The number of hydrogen-bond acceptors (Lipinski definition) is 2. The van der Waals surface area contributed by atoms with Gasteiger partial charge in [-0.25, -0.2) is 0 Å². The number of rotatable bonds is 3. The van der Waals surface area contributed by atoms with Crippen LogP contribution < -0.4 is 5.32 Å². The highest BCUT2D eigenvalue weighted by molar-refractivity contribution is 5.91. The second-order valence-corrected chi connectivity index (χ2v) is 5.26. The Morgan fingerprint density at radius 3 is 2.25 bits per heavy atom. The molecule has 4 heteroatoms. The van der Waals surface area contributed by atoms with Crippen LogP contribution in [0.15, 0.2) is 12.2 Å². The molecule has 88 valence electrons. The highest BCUT2D eigenvalue weighted by Gasteiger charge is 2.65. The third-order valence-electron chi connectivity index (χ3n) is 3.73. The van der Waals surface area contributed by atoms with E-state index >= 15 is 0 Å². The Morgan fingerprint density at radius 2 is 1.81 bits per heavy atom. The summed E-state index contributed by atoms with van der Waals surface area (Å²) in [5.74, 6) is -1.87. The maximum atomic E-state index is 11.9. The van der Waals surface area contributed by atoms with Crippen LogP contribution in [0.3, 0.4) is 0 Å². The van der Waals surface area contributed by atoms with Gasteiger partial charge in [0.15, 0.2) is 0 Å². The van der Waals surface area contributed by atoms with E-state index in [-0.39, 0.29) is 17.9 Å². The fraction of sp³-hybridized carbons (Fsp3) is 0.667. The molecule has 2 aliphatic rings. The zero-order valence-electron chi connectivity index (χ0n) is 9.56. The summed E-state index contributed by atoms with van der Waals surface area (Å²) in [6.45, 7) is 3.67. The lowest BCUT2D eigenvalue weighted by molar-refractivity contribution is -0.140. The van der Waals surface area contributed by atoms with Crippen molar-refractivity contribution in [3.05, 3.63) is 12.2 Å². The van der Waals surface area contributed by atoms with E-state index in [1.165, 1.54) is 0 Å². The Morgan fingerprint density at radius 1 is 1.25 bits per heavy atom. The molecule has 0 aromatic carbocycles. The van der Waals surface area contributed by atoms with Gasteiger partial charge in [0, 0.05) is 6.04 Å². The van der Waals surface area contributed by atoms with Crippen molar-refractivity contribution in [1.82, 2.24) is 5.32 Å². The molecular weight excluding hydrogens is 206 g/mol. The average Bonchev–Trinajstić information content (AvgIpc) is 2.58. The Kier molecular flexibility index (Phi) is 2.52. The van der Waals surface area contributed by atoms with E-state index in [0.29, 0.717) is 0 Å². The van der Waals surface area contributed by atoms with Crippen molar-refractivity contribution >= 4 is 11.9 Å². The van der Waals surface area contributed by atoms with Crippen molar-refractivity contribution < 1.29 is 14.7 Å². The van der Waals surface area contributed by atoms with Crippen LogP contribution in [0.1, 0.15) is 26.7 Å². The van der Waals surface area contributed by atoms with Crippen LogP contribution in [-0.4, -0.2) is 23.0 Å². The molecule has 0 radical (unpaired) electrons. The maximum absolute atomic E-state index is 11.9. The van der Waals surface area contributed by atoms with Gasteiger partial charge in [-0.15, -0.1) is 0 Å². The average molecular weight is 223 g/mol. The van der Waals surface area contributed by atoms with E-state index in [2.05, 4.69) is 5.32 Å². The molecule has 2 unspecified atom stereocenters. The molecule has 0 saturated heterocycles. The van der Waals surface area contributed by atoms with E-state index in [1.807, 2.05) is 26.0 Å². The highest BCUT2D eigenvalue weighted by atomic mass is 16.4. The lowest BCUT2D eigenvalue weighted by atomic mass is 10.1. The summed E-state index contributed by atoms with van der Waals surface area (Å²) in [5.41, 5.74) is -0.401. The summed E-state index contributed by atoms with van der Waals surface area (Å²) in [7, 11) is 0. The summed E-state index contributed by atoms with van der Waals surface area (Å²) in [5, 5.41) is 11.9. The second-order valence-electron chi connectivity index (χ2n) is 5.26. The van der Waals surface area contributed by atoms with Crippen LogP contribution in [0.5, 0.6) is 0 Å². The molecule has 0 aliphatic heterocycles. The zero-order chi connectivity index (χ0) is 11.9. The fourth-order valence-corrected chi connectivity index (χ4v) is 2.61. The molecule has 0 heterocycles. The molecule has 1 amide bonds. The Hall–Kier alpha value is -1.32. The van der Waals surface area contributed by atoms with Gasteiger partial charge in [0.2, 0.25) is 5.91 Å². The standard InChI is InChI=1S/C12H17NO3/c1-12(2)8(9(12)11(15)16)10(14)13-7-5-3-4-6-7/h3-4,7-9H,5-6H2,1-2H3,(H,13,14)(H,15,16). The third kappa shape index (κ3) is 1.72. The van der Waals surface area contributed by atoms with Crippen LogP contribution in [0.2, 0.25) is 0 Å². The minimum absolute atomic E-state index is 0.105. The monoisotopic (exact) mass is 223 g/mol. The first-order valence-electron chi connectivity index (χ1n) is 5.62. The Balaban J connectivity index is 1.94. The van der Waals surface area contributed by atoms with Crippen molar-refractivity contribution in [3.8, 4) is 0 Å². The topological polar surface area (TPSA) is 66.4 Å². The van der Waals surface area contributed by atoms with Crippen LogP contribution >= 0.6 is 0 Å². The largest absolute Gasteiger partial charge is 0.481 e. The van der Waals surface area contributed by atoms with Crippen LogP contribution in [0, 0.1) is 17.3 Å². The van der Waals surface area contributed by atoms with E-state index in [1.54, 1.807) is 0 Å². The number of nitrogens with one attached hydrogen (secondary N) is 1.